The van der Waals surface area contributed by atoms with Crippen LogP contribution in [0.15, 0.2) is 12.2 Å². The molecule has 0 amide bonds. The lowest BCUT2D eigenvalue weighted by Crippen LogP contribution is -2.55. The molecule has 5 nitrogen and oxygen atoms in total. The summed E-state index contributed by atoms with van der Waals surface area (Å²) in [4.78, 5) is 12.6. The van der Waals surface area contributed by atoms with Crippen molar-refractivity contribution in [3.8, 4) is 0 Å². The molecule has 0 aliphatic heterocycles. The molecule has 2 fully saturated rings. The summed E-state index contributed by atoms with van der Waals surface area (Å²) in [7, 11) is 3.07. The molecule has 26 heavy (non-hydrogen) atoms. The van der Waals surface area contributed by atoms with Crippen molar-refractivity contribution in [2.75, 3.05) is 27.6 Å². The van der Waals surface area contributed by atoms with Crippen molar-refractivity contribution >= 4 is 5.97 Å². The highest BCUT2D eigenvalue weighted by atomic mass is 16.7. The van der Waals surface area contributed by atoms with E-state index >= 15 is 0 Å². The first-order valence-electron chi connectivity index (χ1n) is 9.86. The Morgan fingerprint density at radius 1 is 1.19 bits per heavy atom. The number of allylic oxidation sites excluding steroid dienone is 2. The number of hydrogen-bond donors (Lipinski definition) is 1. The quantitative estimate of drug-likeness (QED) is 0.460. The number of hydrogen-bond acceptors (Lipinski definition) is 5. The second kappa shape index (κ2) is 7.61. The van der Waals surface area contributed by atoms with Crippen molar-refractivity contribution in [2.45, 2.75) is 52.1 Å². The highest BCUT2D eigenvalue weighted by molar-refractivity contribution is 5.74. The summed E-state index contributed by atoms with van der Waals surface area (Å²) in [5, 5.41) is 9.79. The van der Waals surface area contributed by atoms with Gasteiger partial charge in [-0.2, -0.15) is 0 Å². The van der Waals surface area contributed by atoms with Crippen molar-refractivity contribution < 1.29 is 24.1 Å². The minimum Gasteiger partial charge on any atom is -0.469 e. The second-order valence-corrected chi connectivity index (χ2v) is 9.10. The van der Waals surface area contributed by atoms with E-state index in [1.54, 1.807) is 7.11 Å². The van der Waals surface area contributed by atoms with Gasteiger partial charge in [-0.05, 0) is 60.7 Å². The molecule has 3 aliphatic rings. The Balaban J connectivity index is 1.89. The predicted octanol–water partition coefficient (Wildman–Crippen LogP) is 3.17. The van der Waals surface area contributed by atoms with Gasteiger partial charge in [-0.1, -0.05) is 26.0 Å². The zero-order valence-corrected chi connectivity index (χ0v) is 16.6. The summed E-state index contributed by atoms with van der Waals surface area (Å²) >= 11 is 0. The summed E-state index contributed by atoms with van der Waals surface area (Å²) in [6.07, 6.45) is 9.47. The molecule has 0 aromatic heterocycles. The predicted molar refractivity (Wildman–Crippen MR) is 98.2 cm³/mol. The Hall–Kier alpha value is -0.910. The van der Waals surface area contributed by atoms with Crippen molar-refractivity contribution in [1.82, 2.24) is 0 Å². The van der Waals surface area contributed by atoms with Crippen LogP contribution < -0.4 is 0 Å². The van der Waals surface area contributed by atoms with Gasteiger partial charge in [0.1, 0.15) is 6.79 Å². The standard InChI is InChI=1S/C21H34O5/c1-20(12-22)9-7-15-14(11-20)5-6-16-18(19(23)25-4)17(26-13-24-3)8-10-21(15,16)2/h5-6,14-18,22H,7-13H2,1-4H3/t14-,15-,16+,17+,18+,20-,21-/m1/s1. The third-order valence-electron chi connectivity index (χ3n) is 7.49. The zero-order valence-electron chi connectivity index (χ0n) is 16.6. The van der Waals surface area contributed by atoms with Gasteiger partial charge in [-0.15, -0.1) is 0 Å². The fourth-order valence-corrected chi connectivity index (χ4v) is 5.95. The Morgan fingerprint density at radius 3 is 2.62 bits per heavy atom. The highest BCUT2D eigenvalue weighted by Gasteiger charge is 2.57. The molecule has 0 heterocycles. The largest absolute Gasteiger partial charge is 0.469 e. The lowest BCUT2D eigenvalue weighted by atomic mass is 9.47. The average molecular weight is 366 g/mol. The highest BCUT2D eigenvalue weighted by Crippen LogP contribution is 2.60. The first-order valence-corrected chi connectivity index (χ1v) is 9.86. The summed E-state index contributed by atoms with van der Waals surface area (Å²) in [6, 6.07) is 0. The van der Waals surface area contributed by atoms with Crippen molar-refractivity contribution in [1.29, 1.82) is 0 Å². The molecule has 0 spiro atoms. The molecule has 0 aromatic carbocycles. The topological polar surface area (TPSA) is 65.0 Å². The van der Waals surface area contributed by atoms with Crippen molar-refractivity contribution in [2.24, 2.45) is 34.5 Å². The number of carbonyl (C=O) groups excluding carboxylic acids is 1. The molecule has 0 saturated heterocycles. The van der Waals surface area contributed by atoms with Crippen LogP contribution in [0.1, 0.15) is 46.0 Å². The van der Waals surface area contributed by atoms with E-state index in [1.165, 1.54) is 7.11 Å². The Morgan fingerprint density at radius 2 is 1.96 bits per heavy atom. The zero-order chi connectivity index (χ0) is 18.9. The smallest absolute Gasteiger partial charge is 0.311 e. The maximum absolute atomic E-state index is 12.6. The molecular weight excluding hydrogens is 332 g/mol. The summed E-state index contributed by atoms with van der Waals surface area (Å²) in [6.45, 7) is 5.00. The maximum Gasteiger partial charge on any atom is 0.311 e. The molecule has 3 aliphatic carbocycles. The summed E-state index contributed by atoms with van der Waals surface area (Å²) in [5.74, 6) is 0.702. The molecule has 5 heteroatoms. The molecule has 0 unspecified atom stereocenters. The van der Waals surface area contributed by atoms with Gasteiger partial charge in [0, 0.05) is 13.7 Å². The van der Waals surface area contributed by atoms with Crippen LogP contribution in [-0.4, -0.2) is 44.8 Å². The third-order valence-corrected chi connectivity index (χ3v) is 7.49. The molecule has 2 saturated carbocycles. The fraction of sp³-hybridized carbons (Fsp3) is 0.857. The van der Waals surface area contributed by atoms with E-state index in [1.807, 2.05) is 0 Å². The molecule has 0 radical (unpaired) electrons. The van der Waals surface area contributed by atoms with Gasteiger partial charge in [0.05, 0.1) is 19.1 Å². The van der Waals surface area contributed by atoms with Gasteiger partial charge in [0.15, 0.2) is 0 Å². The number of rotatable bonds is 5. The van der Waals surface area contributed by atoms with Gasteiger partial charge >= 0.3 is 5.97 Å². The van der Waals surface area contributed by atoms with E-state index in [2.05, 4.69) is 26.0 Å². The first kappa shape index (κ1) is 19.8. The van der Waals surface area contributed by atoms with Crippen LogP contribution in [0, 0.1) is 34.5 Å². The fourth-order valence-electron chi connectivity index (χ4n) is 5.95. The number of ether oxygens (including phenoxy) is 3. The average Bonchev–Trinajstić information content (AvgIpc) is 2.65. The Bertz CT molecular complexity index is 547. The van der Waals surface area contributed by atoms with E-state index in [-0.39, 0.29) is 48.1 Å². The summed E-state index contributed by atoms with van der Waals surface area (Å²) in [5.41, 5.74) is 0.0945. The van der Waals surface area contributed by atoms with Crippen LogP contribution in [0.4, 0.5) is 0 Å². The van der Waals surface area contributed by atoms with E-state index in [9.17, 15) is 9.90 Å². The Kier molecular flexibility index (Phi) is 5.80. The summed E-state index contributed by atoms with van der Waals surface area (Å²) < 4.78 is 16.1. The third kappa shape index (κ3) is 3.34. The number of aliphatic hydroxyl groups excluding tert-OH is 1. The molecule has 0 bridgehead atoms. The molecule has 1 N–H and O–H groups in total. The van der Waals surface area contributed by atoms with E-state index in [0.717, 1.165) is 32.1 Å². The Labute approximate surface area is 157 Å². The normalized spacial score (nSPS) is 44.9. The monoisotopic (exact) mass is 366 g/mol. The van der Waals surface area contributed by atoms with Crippen LogP contribution >= 0.6 is 0 Å². The molecule has 7 atom stereocenters. The van der Waals surface area contributed by atoms with E-state index < -0.39 is 0 Å². The number of methoxy groups -OCH3 is 2. The molecule has 3 rings (SSSR count). The minimum atomic E-state index is -0.280. The van der Waals surface area contributed by atoms with Gasteiger partial charge in [-0.25, -0.2) is 0 Å². The minimum absolute atomic E-state index is 0.0230. The number of fused-ring (bicyclic) bond motifs is 3. The molecule has 0 aromatic rings. The SMILES string of the molecule is COCO[C@H]1CC[C@]2(C)[C@@H]3CC[C@@](C)(CO)C[C@H]3C=C[C@H]2[C@@H]1C(=O)OC. The number of esters is 1. The van der Waals surface area contributed by atoms with Crippen LogP contribution in [0.3, 0.4) is 0 Å². The van der Waals surface area contributed by atoms with E-state index in [0.29, 0.717) is 11.8 Å². The molecular formula is C21H34O5. The van der Waals surface area contributed by atoms with E-state index in [4.69, 9.17) is 14.2 Å². The van der Waals surface area contributed by atoms with Crippen LogP contribution in [0.5, 0.6) is 0 Å². The number of aliphatic hydroxyl groups is 1. The number of carbonyl (C=O) groups is 1. The lowest BCUT2D eigenvalue weighted by Gasteiger charge is -2.57. The maximum atomic E-state index is 12.6. The van der Waals surface area contributed by atoms with Gasteiger partial charge < -0.3 is 19.3 Å². The first-order chi connectivity index (χ1) is 12.4. The van der Waals surface area contributed by atoms with Crippen LogP contribution in [0.2, 0.25) is 0 Å². The van der Waals surface area contributed by atoms with Gasteiger partial charge in [0.25, 0.3) is 0 Å². The van der Waals surface area contributed by atoms with Crippen molar-refractivity contribution in [3.63, 3.8) is 0 Å². The van der Waals surface area contributed by atoms with Gasteiger partial charge in [0.2, 0.25) is 0 Å². The molecule has 148 valence electrons. The van der Waals surface area contributed by atoms with Crippen LogP contribution in [0.25, 0.3) is 0 Å². The lowest BCUT2D eigenvalue weighted by molar-refractivity contribution is -0.178. The van der Waals surface area contributed by atoms with Gasteiger partial charge in [-0.3, -0.25) is 4.79 Å². The second-order valence-electron chi connectivity index (χ2n) is 9.10. The van der Waals surface area contributed by atoms with Crippen molar-refractivity contribution in [3.05, 3.63) is 12.2 Å². The van der Waals surface area contributed by atoms with Crippen LogP contribution in [-0.2, 0) is 19.0 Å².